The van der Waals surface area contributed by atoms with Gasteiger partial charge in [0, 0.05) is 35.3 Å². The van der Waals surface area contributed by atoms with Crippen molar-refractivity contribution in [3.8, 4) is 5.88 Å². The van der Waals surface area contributed by atoms with E-state index in [0.717, 1.165) is 12.4 Å². The minimum absolute atomic E-state index is 0.0643. The average Bonchev–Trinajstić information content (AvgIpc) is 2.80. The van der Waals surface area contributed by atoms with E-state index in [4.69, 9.17) is 5.73 Å². The lowest BCUT2D eigenvalue weighted by atomic mass is 9.60. The molecule has 1 spiro atoms. The third-order valence-electron chi connectivity index (χ3n) is 6.61. The zero-order valence-corrected chi connectivity index (χ0v) is 19.1. The summed E-state index contributed by atoms with van der Waals surface area (Å²) in [5.41, 5.74) is 4.43. The number of halogens is 4. The van der Waals surface area contributed by atoms with Crippen molar-refractivity contribution in [3.05, 3.63) is 47.7 Å². The number of benzene rings is 1. The molecule has 1 saturated carbocycles. The minimum Gasteiger partial charge on any atom is -0.445 e. The first-order valence-corrected chi connectivity index (χ1v) is 11.5. The molecule has 1 aliphatic heterocycles. The molecule has 1 amide bonds. The molecule has 1 fully saturated rings. The van der Waals surface area contributed by atoms with Crippen LogP contribution in [-0.2, 0) is 5.54 Å². The zero-order chi connectivity index (χ0) is 24.6. The number of aliphatic imine (C=N–C) groups is 1. The fourth-order valence-electron chi connectivity index (χ4n) is 4.53. The standard InChI is InChI=1S/C22H23F4N5O2S/c1-20(21(11-34-19(27)31-20)4-6-22(25,26)7-5-21)14-8-13(2-3-15(14)24)30-18(32)16-9-29-17(10-28-16)33-12-23/h2-3,8-10H,4-7,11-12H2,1H3,(H2,27,31)(H,30,32)/t20-/m1/s1. The Morgan fingerprint density at radius 2 is 1.94 bits per heavy atom. The first-order valence-electron chi connectivity index (χ1n) is 10.6. The van der Waals surface area contributed by atoms with E-state index in [1.54, 1.807) is 6.92 Å². The number of anilines is 1. The van der Waals surface area contributed by atoms with Crippen LogP contribution in [0.3, 0.4) is 0 Å². The number of nitrogens with two attached hydrogens (primary N) is 1. The van der Waals surface area contributed by atoms with Crippen LogP contribution in [0, 0.1) is 11.2 Å². The van der Waals surface area contributed by atoms with E-state index in [9.17, 15) is 18.0 Å². The number of thioether (sulfide) groups is 1. The van der Waals surface area contributed by atoms with Gasteiger partial charge in [-0.1, -0.05) is 11.8 Å². The van der Waals surface area contributed by atoms with Gasteiger partial charge in [-0.3, -0.25) is 9.79 Å². The average molecular weight is 498 g/mol. The molecule has 0 radical (unpaired) electrons. The lowest BCUT2D eigenvalue weighted by Gasteiger charge is -2.52. The van der Waals surface area contributed by atoms with E-state index >= 15 is 4.39 Å². The number of nitrogens with zero attached hydrogens (tertiary/aromatic N) is 3. The number of carbonyl (C=O) groups excluding carboxylic acids is 1. The molecule has 182 valence electrons. The van der Waals surface area contributed by atoms with Crippen molar-refractivity contribution in [2.24, 2.45) is 16.1 Å². The Morgan fingerprint density at radius 1 is 1.21 bits per heavy atom. The van der Waals surface area contributed by atoms with Crippen LogP contribution in [0.1, 0.15) is 48.7 Å². The molecule has 0 saturated heterocycles. The van der Waals surface area contributed by atoms with Gasteiger partial charge >= 0.3 is 0 Å². The molecule has 0 unspecified atom stereocenters. The van der Waals surface area contributed by atoms with Gasteiger partial charge in [-0.05, 0) is 38.0 Å². The van der Waals surface area contributed by atoms with Gasteiger partial charge in [0.15, 0.2) is 5.17 Å². The smallest absolute Gasteiger partial charge is 0.275 e. The summed E-state index contributed by atoms with van der Waals surface area (Å²) in [6.07, 6.45) is 1.94. The number of carbonyl (C=O) groups is 1. The highest BCUT2D eigenvalue weighted by Gasteiger charge is 2.56. The maximum Gasteiger partial charge on any atom is 0.275 e. The van der Waals surface area contributed by atoms with Crippen molar-refractivity contribution < 1.29 is 27.1 Å². The van der Waals surface area contributed by atoms with Gasteiger partial charge in [0.05, 0.1) is 17.9 Å². The van der Waals surface area contributed by atoms with Gasteiger partial charge in [0.1, 0.15) is 11.5 Å². The van der Waals surface area contributed by atoms with E-state index in [2.05, 4.69) is 25.0 Å². The monoisotopic (exact) mass is 497 g/mol. The molecule has 12 heteroatoms. The van der Waals surface area contributed by atoms with Crippen molar-refractivity contribution in [2.45, 2.75) is 44.1 Å². The molecule has 2 heterocycles. The number of hydrogen-bond acceptors (Lipinski definition) is 7. The molecular weight excluding hydrogens is 474 g/mol. The molecule has 1 aromatic heterocycles. The Labute approximate surface area is 197 Å². The zero-order valence-electron chi connectivity index (χ0n) is 18.3. The quantitative estimate of drug-likeness (QED) is 0.584. The SMILES string of the molecule is C[C@]1(c2cc(NC(=O)c3cnc(OCF)cn3)ccc2F)N=C(N)SCC12CCC(F)(F)CC2. The molecule has 0 bridgehead atoms. The van der Waals surface area contributed by atoms with Crippen LogP contribution < -0.4 is 15.8 Å². The summed E-state index contributed by atoms with van der Waals surface area (Å²) in [4.78, 5) is 24.8. The number of amides is 1. The van der Waals surface area contributed by atoms with Crippen molar-refractivity contribution in [1.29, 1.82) is 0 Å². The van der Waals surface area contributed by atoms with Crippen molar-refractivity contribution in [3.63, 3.8) is 0 Å². The highest BCUT2D eigenvalue weighted by Crippen LogP contribution is 2.58. The van der Waals surface area contributed by atoms with Gasteiger partial charge in [0.25, 0.3) is 5.91 Å². The van der Waals surface area contributed by atoms with Crippen LogP contribution in [0.15, 0.2) is 35.6 Å². The summed E-state index contributed by atoms with van der Waals surface area (Å²) in [7, 11) is 0. The first-order chi connectivity index (χ1) is 16.1. The highest BCUT2D eigenvalue weighted by molar-refractivity contribution is 8.13. The molecule has 1 aromatic carbocycles. The first kappa shape index (κ1) is 24.2. The molecule has 2 aromatic rings. The van der Waals surface area contributed by atoms with Gasteiger partial charge in [0.2, 0.25) is 18.7 Å². The highest BCUT2D eigenvalue weighted by atomic mass is 32.2. The normalized spacial score (nSPS) is 23.3. The second-order valence-corrected chi connectivity index (χ2v) is 9.58. The van der Waals surface area contributed by atoms with Crippen LogP contribution in [0.4, 0.5) is 23.2 Å². The number of rotatable bonds is 5. The van der Waals surface area contributed by atoms with E-state index in [1.807, 2.05) is 0 Å². The maximum absolute atomic E-state index is 15.1. The van der Waals surface area contributed by atoms with E-state index in [0.29, 0.717) is 5.75 Å². The topological polar surface area (TPSA) is 102 Å². The lowest BCUT2D eigenvalue weighted by molar-refractivity contribution is -0.0785. The van der Waals surface area contributed by atoms with Gasteiger partial charge < -0.3 is 15.8 Å². The summed E-state index contributed by atoms with van der Waals surface area (Å²) in [5, 5.41) is 2.88. The van der Waals surface area contributed by atoms with Gasteiger partial charge in [-0.15, -0.1) is 0 Å². The van der Waals surface area contributed by atoms with Gasteiger partial charge in [-0.25, -0.2) is 27.5 Å². The van der Waals surface area contributed by atoms with Crippen LogP contribution in [0.2, 0.25) is 0 Å². The Kier molecular flexibility index (Phi) is 6.45. The number of ether oxygens (including phenoxy) is 1. The van der Waals surface area contributed by atoms with Crippen LogP contribution in [0.25, 0.3) is 0 Å². The number of alkyl halides is 3. The second-order valence-electron chi connectivity index (χ2n) is 8.59. The molecule has 7 nitrogen and oxygen atoms in total. The number of amidine groups is 1. The summed E-state index contributed by atoms with van der Waals surface area (Å²) in [6.45, 7) is 0.629. The molecule has 4 rings (SSSR count). The van der Waals surface area contributed by atoms with Crippen LogP contribution in [-0.4, -0.2) is 39.6 Å². The fourth-order valence-corrected chi connectivity index (χ4v) is 5.77. The number of nitrogens with one attached hydrogen (secondary N) is 1. The lowest BCUT2D eigenvalue weighted by Crippen LogP contribution is -2.52. The number of hydrogen-bond donors (Lipinski definition) is 2. The maximum atomic E-state index is 15.1. The Morgan fingerprint density at radius 3 is 2.59 bits per heavy atom. The largest absolute Gasteiger partial charge is 0.445 e. The summed E-state index contributed by atoms with van der Waals surface area (Å²) in [6, 6.07) is 4.02. The van der Waals surface area contributed by atoms with E-state index in [-0.39, 0.29) is 53.7 Å². The molecule has 2 aliphatic rings. The van der Waals surface area contributed by atoms with Crippen molar-refractivity contribution in [1.82, 2.24) is 9.97 Å². The van der Waals surface area contributed by atoms with Crippen LogP contribution >= 0.6 is 11.8 Å². The third-order valence-corrected chi connectivity index (χ3v) is 7.70. The molecule has 3 N–H and O–H groups in total. The van der Waals surface area contributed by atoms with Crippen molar-refractivity contribution >= 4 is 28.5 Å². The molecule has 34 heavy (non-hydrogen) atoms. The predicted molar refractivity (Wildman–Crippen MR) is 120 cm³/mol. The second kappa shape index (κ2) is 9.05. The van der Waals surface area contributed by atoms with Gasteiger partial charge in [-0.2, -0.15) is 0 Å². The summed E-state index contributed by atoms with van der Waals surface area (Å²) >= 11 is 1.28. The fraction of sp³-hybridized carbons (Fsp3) is 0.455. The Hall–Kier alpha value is -2.89. The Balaban J connectivity index is 1.65. The predicted octanol–water partition coefficient (Wildman–Crippen LogP) is 4.65. The summed E-state index contributed by atoms with van der Waals surface area (Å²) in [5.74, 6) is -3.60. The number of aromatic nitrogens is 2. The van der Waals surface area contributed by atoms with Crippen LogP contribution in [0.5, 0.6) is 5.88 Å². The summed E-state index contributed by atoms with van der Waals surface area (Å²) < 4.78 is 59.9. The third kappa shape index (κ3) is 4.55. The van der Waals surface area contributed by atoms with Crippen molar-refractivity contribution in [2.75, 3.05) is 17.9 Å². The molecule has 1 atom stereocenters. The van der Waals surface area contributed by atoms with E-state index in [1.165, 1.54) is 30.0 Å². The Bertz CT molecular complexity index is 1100. The molecule has 1 aliphatic carbocycles. The molecular formula is C22H23F4N5O2S. The van der Waals surface area contributed by atoms with E-state index < -0.39 is 35.5 Å². The minimum atomic E-state index is -2.76.